The van der Waals surface area contributed by atoms with Crippen LogP contribution in [0.15, 0.2) is 54.6 Å². The van der Waals surface area contributed by atoms with Gasteiger partial charge in [0, 0.05) is 0 Å². The number of aliphatic hydroxyl groups is 1. The summed E-state index contributed by atoms with van der Waals surface area (Å²) in [7, 11) is 0. The van der Waals surface area contributed by atoms with Gasteiger partial charge in [0.05, 0.1) is 12.6 Å². The van der Waals surface area contributed by atoms with Gasteiger partial charge in [-0.05, 0) is 37.5 Å². The Morgan fingerprint density at radius 1 is 1.13 bits per heavy atom. The van der Waals surface area contributed by atoms with Gasteiger partial charge >= 0.3 is 6.03 Å². The van der Waals surface area contributed by atoms with Crippen LogP contribution in [0.25, 0.3) is 0 Å². The van der Waals surface area contributed by atoms with Gasteiger partial charge in [0.1, 0.15) is 5.60 Å². The number of carbonyl (C=O) groups is 1. The van der Waals surface area contributed by atoms with Crippen molar-refractivity contribution in [2.24, 2.45) is 0 Å². The average molecular weight is 312 g/mol. The Morgan fingerprint density at radius 3 is 2.39 bits per heavy atom. The summed E-state index contributed by atoms with van der Waals surface area (Å²) in [6.07, 6.45) is 0. The molecule has 2 unspecified atom stereocenters. The molecule has 4 heteroatoms. The molecular formula is C19H24N2O2. The number of rotatable bonds is 5. The van der Waals surface area contributed by atoms with Crippen LogP contribution in [0.3, 0.4) is 0 Å². The first-order chi connectivity index (χ1) is 10.9. The molecule has 0 fully saturated rings. The molecule has 4 nitrogen and oxygen atoms in total. The van der Waals surface area contributed by atoms with E-state index in [2.05, 4.69) is 10.6 Å². The topological polar surface area (TPSA) is 61.4 Å². The van der Waals surface area contributed by atoms with Gasteiger partial charge in [-0.1, -0.05) is 54.6 Å². The number of hydrogen-bond donors (Lipinski definition) is 3. The van der Waals surface area contributed by atoms with Crippen LogP contribution in [-0.4, -0.2) is 17.7 Å². The van der Waals surface area contributed by atoms with Crippen molar-refractivity contribution in [3.05, 3.63) is 71.3 Å². The highest BCUT2D eigenvalue weighted by molar-refractivity contribution is 5.74. The molecule has 2 atom stereocenters. The monoisotopic (exact) mass is 312 g/mol. The summed E-state index contributed by atoms with van der Waals surface area (Å²) in [6, 6.07) is 16.9. The van der Waals surface area contributed by atoms with Crippen LogP contribution in [0.5, 0.6) is 0 Å². The lowest BCUT2D eigenvalue weighted by Crippen LogP contribution is -2.44. The first-order valence-electron chi connectivity index (χ1n) is 7.78. The highest BCUT2D eigenvalue weighted by atomic mass is 16.3. The fourth-order valence-corrected chi connectivity index (χ4v) is 2.55. The van der Waals surface area contributed by atoms with E-state index >= 15 is 0 Å². The molecule has 0 bridgehead atoms. The average Bonchev–Trinajstić information content (AvgIpc) is 2.54. The molecule has 2 aromatic rings. The number of nitrogens with one attached hydrogen (secondary N) is 2. The molecule has 0 radical (unpaired) electrons. The predicted molar refractivity (Wildman–Crippen MR) is 92.1 cm³/mol. The Labute approximate surface area is 137 Å². The molecule has 122 valence electrons. The lowest BCUT2D eigenvalue weighted by molar-refractivity contribution is 0.0593. The summed E-state index contributed by atoms with van der Waals surface area (Å²) in [5.74, 6) is 0. The van der Waals surface area contributed by atoms with Crippen molar-refractivity contribution in [3.63, 3.8) is 0 Å². The van der Waals surface area contributed by atoms with Crippen LogP contribution in [0, 0.1) is 6.92 Å². The number of aryl methyl sites for hydroxylation is 1. The third-order valence-electron chi connectivity index (χ3n) is 3.99. The zero-order chi connectivity index (χ0) is 16.9. The van der Waals surface area contributed by atoms with Crippen LogP contribution in [0.4, 0.5) is 4.79 Å². The van der Waals surface area contributed by atoms with Crippen molar-refractivity contribution in [3.8, 4) is 0 Å². The lowest BCUT2D eigenvalue weighted by atomic mass is 9.96. The molecule has 0 aromatic heterocycles. The molecule has 0 heterocycles. The second kappa shape index (κ2) is 7.29. The van der Waals surface area contributed by atoms with Crippen LogP contribution in [0.2, 0.25) is 0 Å². The fourth-order valence-electron chi connectivity index (χ4n) is 2.55. The zero-order valence-electron chi connectivity index (χ0n) is 13.8. The largest absolute Gasteiger partial charge is 0.384 e. The lowest BCUT2D eigenvalue weighted by Gasteiger charge is -2.25. The molecule has 0 saturated carbocycles. The maximum atomic E-state index is 12.1. The number of urea groups is 1. The highest BCUT2D eigenvalue weighted by Gasteiger charge is 2.23. The van der Waals surface area contributed by atoms with Crippen LogP contribution < -0.4 is 10.6 Å². The molecule has 2 rings (SSSR count). The van der Waals surface area contributed by atoms with Gasteiger partial charge in [-0.15, -0.1) is 0 Å². The van der Waals surface area contributed by atoms with Gasteiger partial charge < -0.3 is 15.7 Å². The molecule has 0 aliphatic carbocycles. The maximum absolute atomic E-state index is 12.1. The van der Waals surface area contributed by atoms with Gasteiger partial charge in [-0.2, -0.15) is 0 Å². The third kappa shape index (κ3) is 4.57. The molecule has 2 amide bonds. The SMILES string of the molecule is Cc1ccccc1C(C)NC(=O)NCC(C)(O)c1ccccc1. The van der Waals surface area contributed by atoms with E-state index in [1.807, 2.05) is 68.4 Å². The van der Waals surface area contributed by atoms with Crippen molar-refractivity contribution < 1.29 is 9.90 Å². The Morgan fingerprint density at radius 2 is 1.74 bits per heavy atom. The molecular weight excluding hydrogens is 288 g/mol. The first kappa shape index (κ1) is 17.0. The summed E-state index contributed by atoms with van der Waals surface area (Å²) < 4.78 is 0. The van der Waals surface area contributed by atoms with Crippen LogP contribution in [0.1, 0.15) is 36.6 Å². The van der Waals surface area contributed by atoms with E-state index in [-0.39, 0.29) is 18.6 Å². The number of hydrogen-bond acceptors (Lipinski definition) is 2. The first-order valence-corrected chi connectivity index (χ1v) is 7.78. The van der Waals surface area contributed by atoms with Gasteiger partial charge in [-0.3, -0.25) is 0 Å². The molecule has 0 saturated heterocycles. The zero-order valence-corrected chi connectivity index (χ0v) is 13.8. The minimum absolute atomic E-state index is 0.0992. The molecule has 3 N–H and O–H groups in total. The molecule has 2 aromatic carbocycles. The smallest absolute Gasteiger partial charge is 0.315 e. The number of carbonyl (C=O) groups excluding carboxylic acids is 1. The van der Waals surface area contributed by atoms with E-state index in [9.17, 15) is 9.90 Å². The number of benzene rings is 2. The van der Waals surface area contributed by atoms with Gasteiger partial charge in [-0.25, -0.2) is 4.79 Å². The van der Waals surface area contributed by atoms with E-state index in [1.54, 1.807) is 6.92 Å². The van der Waals surface area contributed by atoms with Gasteiger partial charge in [0.2, 0.25) is 0 Å². The van der Waals surface area contributed by atoms with Crippen molar-refractivity contribution in [2.45, 2.75) is 32.4 Å². The molecule has 0 spiro atoms. The Balaban J connectivity index is 1.91. The quantitative estimate of drug-likeness (QED) is 0.793. The second-order valence-electron chi connectivity index (χ2n) is 6.05. The summed E-state index contributed by atoms with van der Waals surface area (Å²) in [6.45, 7) is 5.79. The normalized spacial score (nSPS) is 14.6. The van der Waals surface area contributed by atoms with Crippen LogP contribution in [-0.2, 0) is 5.60 Å². The van der Waals surface area contributed by atoms with Gasteiger partial charge in [0.15, 0.2) is 0 Å². The molecule has 23 heavy (non-hydrogen) atoms. The third-order valence-corrected chi connectivity index (χ3v) is 3.99. The van der Waals surface area contributed by atoms with Gasteiger partial charge in [0.25, 0.3) is 0 Å². The maximum Gasteiger partial charge on any atom is 0.315 e. The van der Waals surface area contributed by atoms with Crippen LogP contribution >= 0.6 is 0 Å². The minimum Gasteiger partial charge on any atom is -0.384 e. The van der Waals surface area contributed by atoms with Crippen molar-refractivity contribution >= 4 is 6.03 Å². The fraction of sp³-hybridized carbons (Fsp3) is 0.316. The summed E-state index contributed by atoms with van der Waals surface area (Å²) >= 11 is 0. The van der Waals surface area contributed by atoms with E-state index in [4.69, 9.17) is 0 Å². The summed E-state index contributed by atoms with van der Waals surface area (Å²) in [4.78, 5) is 12.1. The Bertz CT molecular complexity index is 653. The van der Waals surface area contributed by atoms with Crippen molar-refractivity contribution in [1.82, 2.24) is 10.6 Å². The predicted octanol–water partition coefficient (Wildman–Crippen LogP) is 3.26. The Kier molecular flexibility index (Phi) is 5.40. The summed E-state index contributed by atoms with van der Waals surface area (Å²) in [5.41, 5.74) is 1.88. The molecule has 0 aliphatic rings. The standard InChI is InChI=1S/C19H24N2O2/c1-14-9-7-8-12-17(14)15(2)21-18(22)20-13-19(3,23)16-10-5-4-6-11-16/h4-12,15,23H,13H2,1-3H3,(H2,20,21,22). The molecule has 0 aliphatic heterocycles. The summed E-state index contributed by atoms with van der Waals surface area (Å²) in [5, 5.41) is 16.1. The van der Waals surface area contributed by atoms with Crippen molar-refractivity contribution in [1.29, 1.82) is 0 Å². The van der Waals surface area contributed by atoms with E-state index in [1.165, 1.54) is 0 Å². The van der Waals surface area contributed by atoms with E-state index < -0.39 is 5.60 Å². The van der Waals surface area contributed by atoms with E-state index in [0.29, 0.717) is 0 Å². The minimum atomic E-state index is -1.11. The second-order valence-corrected chi connectivity index (χ2v) is 6.05. The number of amides is 2. The van der Waals surface area contributed by atoms with Crippen molar-refractivity contribution in [2.75, 3.05) is 6.54 Å². The Hall–Kier alpha value is -2.33. The van der Waals surface area contributed by atoms with E-state index in [0.717, 1.165) is 16.7 Å². The highest BCUT2D eigenvalue weighted by Crippen LogP contribution is 2.19.